The van der Waals surface area contributed by atoms with Crippen molar-refractivity contribution in [2.24, 2.45) is 0 Å². The second-order valence-electron chi connectivity index (χ2n) is 5.10. The summed E-state index contributed by atoms with van der Waals surface area (Å²) in [5.74, 6) is 0.0521. The molecule has 1 heterocycles. The molecule has 0 radical (unpaired) electrons. The first kappa shape index (κ1) is 15.8. The number of amides is 1. The van der Waals surface area contributed by atoms with E-state index in [1.807, 2.05) is 11.0 Å². The molecule has 1 saturated heterocycles. The van der Waals surface area contributed by atoms with Crippen molar-refractivity contribution in [3.8, 4) is 0 Å². The number of halogens is 2. The summed E-state index contributed by atoms with van der Waals surface area (Å²) < 4.78 is 0.892. The van der Waals surface area contributed by atoms with Crippen molar-refractivity contribution < 1.29 is 4.79 Å². The highest BCUT2D eigenvalue weighted by Gasteiger charge is 2.26. The molecule has 0 aliphatic carbocycles. The molecule has 1 aliphatic heterocycles. The van der Waals surface area contributed by atoms with Crippen LogP contribution in [0.25, 0.3) is 0 Å². The molecule has 0 unspecified atom stereocenters. The van der Waals surface area contributed by atoms with E-state index >= 15 is 0 Å². The van der Waals surface area contributed by atoms with E-state index in [1.165, 1.54) is 0 Å². The van der Waals surface area contributed by atoms with Gasteiger partial charge in [0.25, 0.3) is 5.91 Å². The van der Waals surface area contributed by atoms with Crippen LogP contribution in [0.5, 0.6) is 0 Å². The Morgan fingerprint density at radius 1 is 1.45 bits per heavy atom. The zero-order chi connectivity index (χ0) is 14.5. The van der Waals surface area contributed by atoms with E-state index in [-0.39, 0.29) is 5.91 Å². The van der Waals surface area contributed by atoms with Gasteiger partial charge in [-0.05, 0) is 50.6 Å². The molecule has 1 aliphatic rings. The topological polar surface area (TPSA) is 32.3 Å². The lowest BCUT2D eigenvalue weighted by molar-refractivity contribution is 0.0643. The summed E-state index contributed by atoms with van der Waals surface area (Å²) in [6, 6.07) is 5.77. The van der Waals surface area contributed by atoms with Gasteiger partial charge in [-0.15, -0.1) is 0 Å². The SMILES string of the molecule is CCCN(C(=O)c1ccc(Br)cc1Cl)C1CCNCC1. The van der Waals surface area contributed by atoms with E-state index in [0.717, 1.165) is 43.4 Å². The Morgan fingerprint density at radius 2 is 2.15 bits per heavy atom. The Balaban J connectivity index is 2.21. The van der Waals surface area contributed by atoms with E-state index in [4.69, 9.17) is 11.6 Å². The summed E-state index contributed by atoms with van der Waals surface area (Å²) in [4.78, 5) is 14.8. The summed E-state index contributed by atoms with van der Waals surface area (Å²) >= 11 is 9.59. The van der Waals surface area contributed by atoms with Gasteiger partial charge >= 0.3 is 0 Å². The largest absolute Gasteiger partial charge is 0.336 e. The summed E-state index contributed by atoms with van der Waals surface area (Å²) in [6.07, 6.45) is 2.99. The smallest absolute Gasteiger partial charge is 0.255 e. The average Bonchev–Trinajstić information content (AvgIpc) is 2.45. The Hall–Kier alpha value is -0.580. The molecule has 0 spiro atoms. The fourth-order valence-corrected chi connectivity index (χ4v) is 3.38. The van der Waals surface area contributed by atoms with Crippen molar-refractivity contribution in [2.45, 2.75) is 32.2 Å². The minimum Gasteiger partial charge on any atom is -0.336 e. The van der Waals surface area contributed by atoms with Crippen LogP contribution in [0.2, 0.25) is 5.02 Å². The summed E-state index contributed by atoms with van der Waals surface area (Å²) in [5.41, 5.74) is 0.599. The van der Waals surface area contributed by atoms with Crippen LogP contribution in [0.1, 0.15) is 36.5 Å². The maximum absolute atomic E-state index is 12.8. The van der Waals surface area contributed by atoms with Crippen LogP contribution in [-0.2, 0) is 0 Å². The van der Waals surface area contributed by atoms with Crippen molar-refractivity contribution in [3.63, 3.8) is 0 Å². The molecule has 1 fully saturated rings. The highest BCUT2D eigenvalue weighted by atomic mass is 79.9. The second-order valence-corrected chi connectivity index (χ2v) is 6.43. The first-order chi connectivity index (χ1) is 9.63. The van der Waals surface area contributed by atoms with Crippen molar-refractivity contribution in [2.75, 3.05) is 19.6 Å². The third-order valence-corrected chi connectivity index (χ3v) is 4.44. The number of benzene rings is 1. The predicted octanol–water partition coefficient (Wildman–Crippen LogP) is 3.71. The van der Waals surface area contributed by atoms with Gasteiger partial charge in [0, 0.05) is 17.1 Å². The molecular weight excluding hydrogens is 340 g/mol. The maximum atomic E-state index is 12.8. The fourth-order valence-electron chi connectivity index (χ4n) is 2.63. The summed E-state index contributed by atoms with van der Waals surface area (Å²) in [5, 5.41) is 3.85. The van der Waals surface area contributed by atoms with Gasteiger partial charge in [0.1, 0.15) is 0 Å². The van der Waals surface area contributed by atoms with Gasteiger partial charge in [-0.3, -0.25) is 4.79 Å². The number of carbonyl (C=O) groups excluding carboxylic acids is 1. The monoisotopic (exact) mass is 358 g/mol. The number of rotatable bonds is 4. The number of nitrogens with zero attached hydrogens (tertiary/aromatic N) is 1. The van der Waals surface area contributed by atoms with Gasteiger partial charge in [-0.25, -0.2) is 0 Å². The Labute approximate surface area is 133 Å². The van der Waals surface area contributed by atoms with Crippen molar-refractivity contribution >= 4 is 33.4 Å². The van der Waals surface area contributed by atoms with E-state index in [9.17, 15) is 4.79 Å². The number of piperidine rings is 1. The number of carbonyl (C=O) groups is 1. The van der Waals surface area contributed by atoms with Gasteiger partial charge in [-0.2, -0.15) is 0 Å². The molecule has 3 nitrogen and oxygen atoms in total. The van der Waals surface area contributed by atoms with E-state index < -0.39 is 0 Å². The van der Waals surface area contributed by atoms with Crippen LogP contribution < -0.4 is 5.32 Å². The standard InChI is InChI=1S/C15H20BrClN2O/c1-2-9-19(12-5-7-18-8-6-12)15(20)13-4-3-11(16)10-14(13)17/h3-4,10,12,18H,2,5-9H2,1H3. The quantitative estimate of drug-likeness (QED) is 0.889. The third kappa shape index (κ3) is 3.74. The molecule has 0 saturated carbocycles. The predicted molar refractivity (Wildman–Crippen MR) is 86.4 cm³/mol. The first-order valence-corrected chi connectivity index (χ1v) is 8.27. The fraction of sp³-hybridized carbons (Fsp3) is 0.533. The lowest BCUT2D eigenvalue weighted by Gasteiger charge is -2.34. The third-order valence-electron chi connectivity index (χ3n) is 3.64. The van der Waals surface area contributed by atoms with Gasteiger partial charge < -0.3 is 10.2 Å². The van der Waals surface area contributed by atoms with E-state index in [2.05, 4.69) is 28.2 Å². The second kappa shape index (κ2) is 7.43. The first-order valence-electron chi connectivity index (χ1n) is 7.10. The molecule has 1 amide bonds. The molecule has 20 heavy (non-hydrogen) atoms. The molecule has 1 aromatic carbocycles. The maximum Gasteiger partial charge on any atom is 0.255 e. The minimum atomic E-state index is 0.0521. The highest BCUT2D eigenvalue weighted by molar-refractivity contribution is 9.10. The molecule has 0 aromatic heterocycles. The molecular formula is C15H20BrClN2O. The zero-order valence-corrected chi connectivity index (χ0v) is 14.0. The molecule has 1 N–H and O–H groups in total. The molecule has 0 atom stereocenters. The van der Waals surface area contributed by atoms with Crippen LogP contribution in [0.15, 0.2) is 22.7 Å². The van der Waals surface area contributed by atoms with Crippen LogP contribution in [0.4, 0.5) is 0 Å². The zero-order valence-electron chi connectivity index (χ0n) is 11.7. The highest BCUT2D eigenvalue weighted by Crippen LogP contribution is 2.24. The van der Waals surface area contributed by atoms with Crippen molar-refractivity contribution in [3.05, 3.63) is 33.3 Å². The van der Waals surface area contributed by atoms with Crippen molar-refractivity contribution in [1.82, 2.24) is 10.2 Å². The van der Waals surface area contributed by atoms with Crippen LogP contribution in [0, 0.1) is 0 Å². The van der Waals surface area contributed by atoms with E-state index in [0.29, 0.717) is 16.6 Å². The normalized spacial score (nSPS) is 16.1. The molecule has 0 bridgehead atoms. The van der Waals surface area contributed by atoms with Crippen molar-refractivity contribution in [1.29, 1.82) is 0 Å². The molecule has 1 aromatic rings. The van der Waals surface area contributed by atoms with Gasteiger partial charge in [0.2, 0.25) is 0 Å². The Morgan fingerprint density at radius 3 is 2.75 bits per heavy atom. The average molecular weight is 360 g/mol. The lowest BCUT2D eigenvalue weighted by Crippen LogP contribution is -2.46. The molecule has 2 rings (SSSR count). The van der Waals surface area contributed by atoms with Crippen LogP contribution in [-0.4, -0.2) is 36.5 Å². The Kier molecular flexibility index (Phi) is 5.87. The lowest BCUT2D eigenvalue weighted by atomic mass is 10.0. The molecule has 110 valence electrons. The van der Waals surface area contributed by atoms with E-state index in [1.54, 1.807) is 12.1 Å². The number of nitrogens with one attached hydrogen (secondary N) is 1. The molecule has 5 heteroatoms. The number of hydrogen-bond donors (Lipinski definition) is 1. The summed E-state index contributed by atoms with van der Waals surface area (Å²) in [7, 11) is 0. The van der Waals surface area contributed by atoms with Crippen LogP contribution >= 0.6 is 27.5 Å². The van der Waals surface area contributed by atoms with Gasteiger partial charge in [0.15, 0.2) is 0 Å². The van der Waals surface area contributed by atoms with Gasteiger partial charge in [-0.1, -0.05) is 34.5 Å². The van der Waals surface area contributed by atoms with Crippen LogP contribution in [0.3, 0.4) is 0 Å². The summed E-state index contributed by atoms with van der Waals surface area (Å²) in [6.45, 7) is 4.85. The van der Waals surface area contributed by atoms with Gasteiger partial charge in [0.05, 0.1) is 10.6 Å². The number of hydrogen-bond acceptors (Lipinski definition) is 2. The Bertz CT molecular complexity index is 475. The minimum absolute atomic E-state index is 0.0521.